The van der Waals surface area contributed by atoms with Crippen LogP contribution in [0.15, 0.2) is 35.1 Å². The van der Waals surface area contributed by atoms with Gasteiger partial charge >= 0.3 is 0 Å². The standard InChI is InChI=1S/C21H17F2N3O3S2/c1-12-3-5-14(30-12)10-18-20(28)26(17-6-4-13(22)9-16(17)23)21(31-18)15(11-24)19(27)25-7-8-29-2/h3-6,9-10H,7-8H2,1-2H3,(H,25,27)/b18-10-,21-15-. The van der Waals surface area contributed by atoms with E-state index in [1.807, 2.05) is 19.1 Å². The first kappa shape index (κ1) is 22.6. The number of hydrogen-bond donors (Lipinski definition) is 1. The summed E-state index contributed by atoms with van der Waals surface area (Å²) in [4.78, 5) is 27.5. The number of carbonyl (C=O) groups is 1. The van der Waals surface area contributed by atoms with Gasteiger partial charge in [0.1, 0.15) is 22.4 Å². The third-order valence-corrected chi connectivity index (χ3v) is 6.19. The van der Waals surface area contributed by atoms with E-state index in [4.69, 9.17) is 4.74 Å². The predicted octanol–water partition coefficient (Wildman–Crippen LogP) is 1.81. The molecule has 0 unspecified atom stereocenters. The second-order valence-electron chi connectivity index (χ2n) is 6.34. The summed E-state index contributed by atoms with van der Waals surface area (Å²) in [5.74, 6) is -2.53. The minimum atomic E-state index is -0.989. The number of ether oxygens (including phenoxy) is 1. The summed E-state index contributed by atoms with van der Waals surface area (Å²) in [5.41, 5.74) is -1.23. The smallest absolute Gasteiger partial charge is 0.273 e. The Labute approximate surface area is 184 Å². The van der Waals surface area contributed by atoms with Gasteiger partial charge in [-0.3, -0.25) is 14.2 Å². The molecule has 160 valence electrons. The first-order valence-electron chi connectivity index (χ1n) is 9.02. The Morgan fingerprint density at radius 3 is 2.68 bits per heavy atom. The Morgan fingerprint density at radius 1 is 1.29 bits per heavy atom. The molecule has 0 aliphatic rings. The number of benzene rings is 1. The summed E-state index contributed by atoms with van der Waals surface area (Å²) in [5, 5.41) is 12.2. The van der Waals surface area contributed by atoms with Crippen LogP contribution in [-0.2, 0) is 9.53 Å². The van der Waals surface area contributed by atoms with E-state index in [1.54, 1.807) is 12.1 Å². The van der Waals surface area contributed by atoms with Crippen molar-refractivity contribution in [3.63, 3.8) is 0 Å². The molecule has 10 heteroatoms. The SMILES string of the molecule is COCCNC(=O)/C(C#N)=c1\s/c(=C\c2ccc(C)s2)c(=O)n1-c1ccc(F)cc1F. The molecular weight excluding hydrogens is 444 g/mol. The van der Waals surface area contributed by atoms with Crippen molar-refractivity contribution in [2.24, 2.45) is 0 Å². The predicted molar refractivity (Wildman–Crippen MR) is 116 cm³/mol. The zero-order valence-electron chi connectivity index (χ0n) is 16.6. The summed E-state index contributed by atoms with van der Waals surface area (Å²) >= 11 is 2.34. The van der Waals surface area contributed by atoms with Crippen molar-refractivity contribution in [2.45, 2.75) is 6.92 Å². The number of thiazole rings is 1. The van der Waals surface area contributed by atoms with E-state index >= 15 is 0 Å². The van der Waals surface area contributed by atoms with E-state index in [1.165, 1.54) is 18.4 Å². The number of amides is 1. The number of nitriles is 1. The molecule has 0 aliphatic heterocycles. The number of halogens is 2. The van der Waals surface area contributed by atoms with E-state index in [2.05, 4.69) is 5.32 Å². The molecule has 6 nitrogen and oxygen atoms in total. The molecular formula is C21H17F2N3O3S2. The van der Waals surface area contributed by atoms with Crippen LogP contribution in [-0.4, -0.2) is 30.7 Å². The first-order valence-corrected chi connectivity index (χ1v) is 10.7. The summed E-state index contributed by atoms with van der Waals surface area (Å²) in [6.07, 6.45) is 1.61. The lowest BCUT2D eigenvalue weighted by Crippen LogP contribution is -2.35. The minimum absolute atomic E-state index is 0.0487. The van der Waals surface area contributed by atoms with Gasteiger partial charge in [-0.05, 0) is 37.3 Å². The quantitative estimate of drug-likeness (QED) is 0.568. The summed E-state index contributed by atoms with van der Waals surface area (Å²) < 4.78 is 33.9. The van der Waals surface area contributed by atoms with Crippen LogP contribution in [0.2, 0.25) is 0 Å². The van der Waals surface area contributed by atoms with E-state index in [9.17, 15) is 23.6 Å². The van der Waals surface area contributed by atoms with Gasteiger partial charge in [-0.25, -0.2) is 8.78 Å². The van der Waals surface area contributed by atoms with Crippen molar-refractivity contribution in [3.05, 3.63) is 71.3 Å². The second-order valence-corrected chi connectivity index (χ2v) is 8.69. The van der Waals surface area contributed by atoms with E-state index in [0.29, 0.717) is 6.07 Å². The Balaban J connectivity index is 2.32. The van der Waals surface area contributed by atoms with Gasteiger partial charge in [-0.15, -0.1) is 22.7 Å². The van der Waals surface area contributed by atoms with Crippen LogP contribution in [0.25, 0.3) is 17.3 Å². The second kappa shape index (κ2) is 9.78. The minimum Gasteiger partial charge on any atom is -0.383 e. The van der Waals surface area contributed by atoms with E-state index < -0.39 is 23.1 Å². The lowest BCUT2D eigenvalue weighted by Gasteiger charge is -2.06. The van der Waals surface area contributed by atoms with Crippen LogP contribution in [0.3, 0.4) is 0 Å². The van der Waals surface area contributed by atoms with Crippen molar-refractivity contribution >= 4 is 40.2 Å². The molecule has 2 aromatic heterocycles. The molecule has 0 radical (unpaired) electrons. The molecule has 3 rings (SSSR count). The van der Waals surface area contributed by atoms with Crippen LogP contribution in [0.1, 0.15) is 9.75 Å². The summed E-state index contributed by atoms with van der Waals surface area (Å²) in [6, 6.07) is 8.26. The highest BCUT2D eigenvalue weighted by Gasteiger charge is 2.19. The Kier molecular flexibility index (Phi) is 7.12. The van der Waals surface area contributed by atoms with Crippen LogP contribution in [0.4, 0.5) is 8.78 Å². The number of aromatic nitrogens is 1. The third kappa shape index (κ3) is 4.96. The Morgan fingerprint density at radius 2 is 2.06 bits per heavy atom. The van der Waals surface area contributed by atoms with Gasteiger partial charge in [0.15, 0.2) is 5.57 Å². The molecule has 0 saturated carbocycles. The zero-order chi connectivity index (χ0) is 22.5. The molecule has 3 aromatic rings. The van der Waals surface area contributed by atoms with Crippen LogP contribution >= 0.6 is 22.7 Å². The largest absolute Gasteiger partial charge is 0.383 e. The van der Waals surface area contributed by atoms with Gasteiger partial charge in [0.2, 0.25) is 0 Å². The number of nitrogens with zero attached hydrogens (tertiary/aromatic N) is 2. The molecule has 1 aromatic carbocycles. The molecule has 31 heavy (non-hydrogen) atoms. The Hall–Kier alpha value is -3.13. The number of hydrogen-bond acceptors (Lipinski definition) is 6. The average Bonchev–Trinajstić information content (AvgIpc) is 3.27. The number of rotatable bonds is 6. The summed E-state index contributed by atoms with van der Waals surface area (Å²) in [7, 11) is 1.46. The molecule has 1 amide bonds. The van der Waals surface area contributed by atoms with Crippen LogP contribution < -0.4 is 20.1 Å². The molecule has 0 fully saturated rings. The monoisotopic (exact) mass is 461 g/mol. The maximum Gasteiger partial charge on any atom is 0.273 e. The number of aryl methyl sites for hydroxylation is 1. The number of carbonyl (C=O) groups excluding carboxylic acids is 1. The van der Waals surface area contributed by atoms with Crippen molar-refractivity contribution in [2.75, 3.05) is 20.3 Å². The molecule has 0 spiro atoms. The lowest BCUT2D eigenvalue weighted by atomic mass is 10.2. The van der Waals surface area contributed by atoms with Gasteiger partial charge in [0, 0.05) is 29.5 Å². The highest BCUT2D eigenvalue weighted by atomic mass is 32.1. The maximum atomic E-state index is 14.5. The van der Waals surface area contributed by atoms with E-state index in [0.717, 1.165) is 37.8 Å². The molecule has 1 N–H and O–H groups in total. The molecule has 0 aliphatic carbocycles. The highest BCUT2D eigenvalue weighted by molar-refractivity contribution is 7.13. The van der Waals surface area contributed by atoms with E-state index in [-0.39, 0.29) is 33.6 Å². The van der Waals surface area contributed by atoms with Crippen molar-refractivity contribution in [1.29, 1.82) is 5.26 Å². The Bertz CT molecular complexity index is 1350. The average molecular weight is 462 g/mol. The maximum absolute atomic E-state index is 14.5. The van der Waals surface area contributed by atoms with Crippen molar-refractivity contribution in [3.8, 4) is 11.8 Å². The van der Waals surface area contributed by atoms with Crippen LogP contribution in [0, 0.1) is 29.9 Å². The molecule has 0 atom stereocenters. The summed E-state index contributed by atoms with van der Waals surface area (Å²) in [6.45, 7) is 2.29. The number of nitrogens with one attached hydrogen (secondary N) is 1. The first-order chi connectivity index (χ1) is 14.8. The fraction of sp³-hybridized carbons (Fsp3) is 0.190. The molecule has 2 heterocycles. The molecule has 0 bridgehead atoms. The van der Waals surface area contributed by atoms with Crippen molar-refractivity contribution in [1.82, 2.24) is 9.88 Å². The third-order valence-electron chi connectivity index (χ3n) is 4.15. The zero-order valence-corrected chi connectivity index (χ0v) is 18.2. The fourth-order valence-corrected chi connectivity index (χ4v) is 4.72. The highest BCUT2D eigenvalue weighted by Crippen LogP contribution is 2.16. The molecule has 0 saturated heterocycles. The lowest BCUT2D eigenvalue weighted by molar-refractivity contribution is -0.115. The van der Waals surface area contributed by atoms with Gasteiger partial charge in [-0.2, -0.15) is 5.26 Å². The number of thiophene rings is 1. The van der Waals surface area contributed by atoms with Crippen molar-refractivity contribution < 1.29 is 18.3 Å². The van der Waals surface area contributed by atoms with Crippen LogP contribution in [0.5, 0.6) is 0 Å². The topological polar surface area (TPSA) is 84.1 Å². The van der Waals surface area contributed by atoms with Gasteiger partial charge < -0.3 is 10.1 Å². The van der Waals surface area contributed by atoms with Gasteiger partial charge in [0.05, 0.1) is 16.8 Å². The number of methoxy groups -OCH3 is 1. The normalized spacial score (nSPS) is 12.5. The van der Waals surface area contributed by atoms with Gasteiger partial charge in [-0.1, -0.05) is 0 Å². The fourth-order valence-electron chi connectivity index (χ4n) is 2.74. The van der Waals surface area contributed by atoms with Gasteiger partial charge in [0.25, 0.3) is 11.5 Å².